The molecule has 2 heteroatoms. The number of hydrogen-bond donors (Lipinski definition) is 1. The van der Waals surface area contributed by atoms with Gasteiger partial charge in [0.15, 0.2) is 0 Å². The third kappa shape index (κ3) is 2.46. The molecule has 0 saturated heterocycles. The first-order chi connectivity index (χ1) is 9.47. The molecular formula is C18H26O2. The van der Waals surface area contributed by atoms with E-state index in [1.807, 2.05) is 12.1 Å². The van der Waals surface area contributed by atoms with Gasteiger partial charge < -0.3 is 9.84 Å². The average molecular weight is 274 g/mol. The number of fused-ring (bicyclic) bond motifs is 1. The zero-order chi connectivity index (χ0) is 14.3. The molecule has 20 heavy (non-hydrogen) atoms. The van der Waals surface area contributed by atoms with Crippen molar-refractivity contribution in [1.29, 1.82) is 0 Å². The van der Waals surface area contributed by atoms with Crippen molar-refractivity contribution < 1.29 is 9.84 Å². The lowest BCUT2D eigenvalue weighted by Gasteiger charge is -2.41. The summed E-state index contributed by atoms with van der Waals surface area (Å²) in [7, 11) is 0. The molecule has 2 aliphatic rings. The van der Waals surface area contributed by atoms with Crippen LogP contribution < -0.4 is 4.74 Å². The van der Waals surface area contributed by atoms with Crippen molar-refractivity contribution in [3.05, 3.63) is 29.3 Å². The fraction of sp³-hybridized carbons (Fsp3) is 0.667. The summed E-state index contributed by atoms with van der Waals surface area (Å²) in [6, 6.07) is 6.24. The predicted octanol–water partition coefficient (Wildman–Crippen LogP) is 4.26. The number of aliphatic hydroxyl groups is 1. The molecule has 0 bridgehead atoms. The second-order valence-corrected chi connectivity index (χ2v) is 7.29. The van der Waals surface area contributed by atoms with Crippen LogP contribution in [-0.4, -0.2) is 11.2 Å². The van der Waals surface area contributed by atoms with Crippen LogP contribution in [0.1, 0.15) is 63.7 Å². The van der Waals surface area contributed by atoms with Crippen molar-refractivity contribution in [1.82, 2.24) is 0 Å². The number of ether oxygens (including phenoxy) is 1. The molecule has 1 aliphatic heterocycles. The Kier molecular flexibility index (Phi) is 3.53. The Morgan fingerprint density at radius 3 is 2.85 bits per heavy atom. The highest BCUT2D eigenvalue weighted by Gasteiger charge is 2.37. The molecule has 0 amide bonds. The summed E-state index contributed by atoms with van der Waals surface area (Å²) < 4.78 is 5.75. The highest BCUT2D eigenvalue weighted by atomic mass is 16.5. The Bertz CT molecular complexity index is 492. The Morgan fingerprint density at radius 1 is 1.30 bits per heavy atom. The summed E-state index contributed by atoms with van der Waals surface area (Å²) in [4.78, 5) is 0. The van der Waals surface area contributed by atoms with E-state index >= 15 is 0 Å². The lowest BCUT2D eigenvalue weighted by Crippen LogP contribution is -2.32. The van der Waals surface area contributed by atoms with E-state index < -0.39 is 0 Å². The molecule has 110 valence electrons. The molecule has 1 fully saturated rings. The van der Waals surface area contributed by atoms with Gasteiger partial charge in [0, 0.05) is 6.42 Å². The maximum absolute atomic E-state index is 10.8. The molecule has 1 heterocycles. The van der Waals surface area contributed by atoms with Crippen LogP contribution >= 0.6 is 0 Å². The van der Waals surface area contributed by atoms with Gasteiger partial charge in [0.1, 0.15) is 11.9 Å². The van der Waals surface area contributed by atoms with Crippen LogP contribution in [0, 0.1) is 11.3 Å². The summed E-state index contributed by atoms with van der Waals surface area (Å²) in [5, 5.41) is 10.8. The lowest BCUT2D eigenvalue weighted by atomic mass is 9.65. The van der Waals surface area contributed by atoms with Crippen LogP contribution in [0.3, 0.4) is 0 Å². The van der Waals surface area contributed by atoms with Crippen LogP contribution in [-0.2, 0) is 6.42 Å². The first-order valence-corrected chi connectivity index (χ1v) is 7.95. The molecule has 3 unspecified atom stereocenters. The third-order valence-corrected chi connectivity index (χ3v) is 5.23. The van der Waals surface area contributed by atoms with Crippen LogP contribution in [0.15, 0.2) is 18.2 Å². The number of rotatable bonds is 2. The first-order valence-electron chi connectivity index (χ1n) is 7.95. The number of aliphatic hydroxyl groups excluding tert-OH is 1. The van der Waals surface area contributed by atoms with Crippen molar-refractivity contribution in [3.8, 4) is 5.75 Å². The summed E-state index contributed by atoms with van der Waals surface area (Å²) in [6.07, 6.45) is 5.79. The molecule has 1 aliphatic carbocycles. The molecule has 0 spiro atoms. The molecule has 2 nitrogen and oxygen atoms in total. The van der Waals surface area contributed by atoms with Gasteiger partial charge in [0.2, 0.25) is 0 Å². The minimum atomic E-state index is -0.341. The van der Waals surface area contributed by atoms with E-state index in [1.165, 1.54) is 24.8 Å². The molecular weight excluding hydrogens is 248 g/mol. The molecule has 1 N–H and O–H groups in total. The Balaban J connectivity index is 1.84. The van der Waals surface area contributed by atoms with Gasteiger partial charge in [0.25, 0.3) is 0 Å². The van der Waals surface area contributed by atoms with Crippen molar-refractivity contribution in [3.63, 3.8) is 0 Å². The smallest absolute Gasteiger partial charge is 0.123 e. The van der Waals surface area contributed by atoms with Gasteiger partial charge in [-0.1, -0.05) is 32.8 Å². The molecule has 0 aromatic heterocycles. The van der Waals surface area contributed by atoms with Crippen molar-refractivity contribution in [2.45, 2.75) is 65.1 Å². The van der Waals surface area contributed by atoms with Crippen LogP contribution in [0.5, 0.6) is 5.75 Å². The van der Waals surface area contributed by atoms with Crippen molar-refractivity contribution in [2.75, 3.05) is 0 Å². The van der Waals surface area contributed by atoms with E-state index in [-0.39, 0.29) is 17.6 Å². The zero-order valence-corrected chi connectivity index (χ0v) is 12.9. The fourth-order valence-corrected chi connectivity index (χ4v) is 3.96. The molecule has 3 rings (SSSR count). The Labute approximate surface area is 122 Å². The second-order valence-electron chi connectivity index (χ2n) is 7.29. The molecule has 0 radical (unpaired) electrons. The van der Waals surface area contributed by atoms with E-state index in [4.69, 9.17) is 4.74 Å². The number of hydrogen-bond acceptors (Lipinski definition) is 2. The van der Waals surface area contributed by atoms with Gasteiger partial charge in [-0.15, -0.1) is 0 Å². The number of benzene rings is 1. The quantitative estimate of drug-likeness (QED) is 0.873. The Hall–Kier alpha value is -1.02. The fourth-order valence-electron chi connectivity index (χ4n) is 3.96. The highest BCUT2D eigenvalue weighted by Crippen LogP contribution is 2.47. The minimum Gasteiger partial charge on any atom is -0.490 e. The summed E-state index contributed by atoms with van der Waals surface area (Å²) >= 11 is 0. The lowest BCUT2D eigenvalue weighted by molar-refractivity contribution is 0.00382. The summed E-state index contributed by atoms with van der Waals surface area (Å²) in [5.41, 5.74) is 2.56. The summed E-state index contributed by atoms with van der Waals surface area (Å²) in [5.74, 6) is 1.37. The molecule has 1 aromatic carbocycles. The van der Waals surface area contributed by atoms with Crippen molar-refractivity contribution >= 4 is 0 Å². The van der Waals surface area contributed by atoms with Crippen LogP contribution in [0.25, 0.3) is 0 Å². The maximum atomic E-state index is 10.8. The van der Waals surface area contributed by atoms with E-state index in [2.05, 4.69) is 26.8 Å². The second kappa shape index (κ2) is 5.07. The standard InChI is InChI=1S/C18H26O2/c1-12-10-14-11-13(7-8-16(14)20-12)17(19)15-6-4-5-9-18(15,2)3/h7-8,11-12,15,17,19H,4-6,9-10H2,1-3H3. The molecule has 1 aromatic rings. The van der Waals surface area contributed by atoms with Gasteiger partial charge in [-0.25, -0.2) is 0 Å². The SMILES string of the molecule is CC1Cc2cc(C(O)C3CCCCC3(C)C)ccc2O1. The zero-order valence-electron chi connectivity index (χ0n) is 12.9. The molecule has 3 atom stereocenters. The van der Waals surface area contributed by atoms with E-state index in [9.17, 15) is 5.11 Å². The normalized spacial score (nSPS) is 29.6. The summed E-state index contributed by atoms with van der Waals surface area (Å²) in [6.45, 7) is 6.71. The first kappa shape index (κ1) is 13.9. The largest absolute Gasteiger partial charge is 0.490 e. The van der Waals surface area contributed by atoms with Crippen molar-refractivity contribution in [2.24, 2.45) is 11.3 Å². The topological polar surface area (TPSA) is 29.5 Å². The van der Waals surface area contributed by atoms with Crippen LogP contribution in [0.4, 0.5) is 0 Å². The Morgan fingerprint density at radius 2 is 2.10 bits per heavy atom. The van der Waals surface area contributed by atoms with Gasteiger partial charge in [-0.05, 0) is 54.4 Å². The maximum Gasteiger partial charge on any atom is 0.123 e. The third-order valence-electron chi connectivity index (χ3n) is 5.23. The molecule has 1 saturated carbocycles. The minimum absolute atomic E-state index is 0.237. The highest BCUT2D eigenvalue weighted by molar-refractivity contribution is 5.41. The monoisotopic (exact) mass is 274 g/mol. The van der Waals surface area contributed by atoms with Gasteiger partial charge in [-0.2, -0.15) is 0 Å². The van der Waals surface area contributed by atoms with Gasteiger partial charge >= 0.3 is 0 Å². The average Bonchev–Trinajstić information content (AvgIpc) is 2.76. The predicted molar refractivity (Wildman–Crippen MR) is 80.9 cm³/mol. The van der Waals surface area contributed by atoms with E-state index in [1.54, 1.807) is 0 Å². The van der Waals surface area contributed by atoms with Gasteiger partial charge in [-0.3, -0.25) is 0 Å². The van der Waals surface area contributed by atoms with Gasteiger partial charge in [0.05, 0.1) is 6.10 Å². The van der Waals surface area contributed by atoms with E-state index in [0.717, 1.165) is 24.2 Å². The van der Waals surface area contributed by atoms with Crippen LogP contribution in [0.2, 0.25) is 0 Å². The van der Waals surface area contributed by atoms with E-state index in [0.29, 0.717) is 5.92 Å².